The van der Waals surface area contributed by atoms with Crippen molar-refractivity contribution >= 4 is 22.3 Å². The summed E-state index contributed by atoms with van der Waals surface area (Å²) >= 11 is 0. The fourth-order valence-corrected chi connectivity index (χ4v) is 2.40. The highest BCUT2D eigenvalue weighted by atomic mass is 16.3. The van der Waals surface area contributed by atoms with Gasteiger partial charge in [0.1, 0.15) is 11.5 Å². The fourth-order valence-electron chi connectivity index (χ4n) is 2.40. The lowest BCUT2D eigenvalue weighted by Gasteiger charge is -2.17. The number of phenols is 2. The summed E-state index contributed by atoms with van der Waals surface area (Å²) in [4.78, 5) is 23.6. The standard InChI is InChI=1S/C14H10O4/c15-9-4-5-11(17)13-8(9)6-7-2-1-3-10(16)12(7)14(13)18/h1-3,6,16,18H,4-5H2. The third-order valence-electron chi connectivity index (χ3n) is 3.28. The summed E-state index contributed by atoms with van der Waals surface area (Å²) in [5.74, 6) is -0.797. The number of phenolic OH excluding ortho intramolecular Hbond substituents is 2. The molecule has 0 radical (unpaired) electrons. The first kappa shape index (κ1) is 10.8. The Morgan fingerprint density at radius 1 is 1.00 bits per heavy atom. The number of hydrogen-bond acceptors (Lipinski definition) is 4. The maximum atomic E-state index is 11.8. The first-order valence-electron chi connectivity index (χ1n) is 5.63. The number of benzene rings is 2. The van der Waals surface area contributed by atoms with E-state index in [4.69, 9.17) is 0 Å². The predicted molar refractivity (Wildman–Crippen MR) is 65.2 cm³/mol. The molecule has 2 aromatic carbocycles. The van der Waals surface area contributed by atoms with Crippen molar-refractivity contribution in [2.75, 3.05) is 0 Å². The molecule has 0 saturated carbocycles. The van der Waals surface area contributed by atoms with Crippen LogP contribution < -0.4 is 0 Å². The van der Waals surface area contributed by atoms with E-state index >= 15 is 0 Å². The van der Waals surface area contributed by atoms with Crippen molar-refractivity contribution in [3.05, 3.63) is 35.4 Å². The van der Waals surface area contributed by atoms with Gasteiger partial charge in [-0.25, -0.2) is 0 Å². The molecule has 2 aromatic rings. The van der Waals surface area contributed by atoms with Crippen LogP contribution in [0.5, 0.6) is 11.5 Å². The van der Waals surface area contributed by atoms with E-state index in [-0.39, 0.29) is 52.4 Å². The quantitative estimate of drug-likeness (QED) is 0.743. The van der Waals surface area contributed by atoms with Crippen LogP contribution in [0.15, 0.2) is 24.3 Å². The van der Waals surface area contributed by atoms with Crippen molar-refractivity contribution in [1.82, 2.24) is 0 Å². The third-order valence-corrected chi connectivity index (χ3v) is 3.28. The van der Waals surface area contributed by atoms with E-state index < -0.39 is 0 Å². The van der Waals surface area contributed by atoms with Crippen LogP contribution in [0.4, 0.5) is 0 Å². The lowest BCUT2D eigenvalue weighted by atomic mass is 9.86. The van der Waals surface area contributed by atoms with Crippen molar-refractivity contribution < 1.29 is 19.8 Å². The molecule has 1 aliphatic rings. The number of aromatic hydroxyl groups is 2. The van der Waals surface area contributed by atoms with Crippen LogP contribution in [0.2, 0.25) is 0 Å². The van der Waals surface area contributed by atoms with Crippen LogP contribution in [0.25, 0.3) is 10.8 Å². The molecule has 2 N–H and O–H groups in total. The molecule has 18 heavy (non-hydrogen) atoms. The molecule has 0 saturated heterocycles. The van der Waals surface area contributed by atoms with Crippen LogP contribution in [0.3, 0.4) is 0 Å². The minimum atomic E-state index is -0.293. The first-order chi connectivity index (χ1) is 8.59. The van der Waals surface area contributed by atoms with Crippen molar-refractivity contribution in [1.29, 1.82) is 0 Å². The molecular formula is C14H10O4. The van der Waals surface area contributed by atoms with Gasteiger partial charge in [-0.3, -0.25) is 9.59 Å². The van der Waals surface area contributed by atoms with Crippen LogP contribution in [0.1, 0.15) is 33.6 Å². The fraction of sp³-hybridized carbons (Fsp3) is 0.143. The molecule has 0 fully saturated rings. The highest BCUT2D eigenvalue weighted by Gasteiger charge is 2.28. The largest absolute Gasteiger partial charge is 0.507 e. The number of fused-ring (bicyclic) bond motifs is 2. The lowest BCUT2D eigenvalue weighted by molar-refractivity contribution is 0.0888. The highest BCUT2D eigenvalue weighted by Crippen LogP contribution is 2.39. The van der Waals surface area contributed by atoms with Gasteiger partial charge in [0.2, 0.25) is 0 Å². The molecule has 1 aliphatic carbocycles. The Morgan fingerprint density at radius 2 is 1.72 bits per heavy atom. The van der Waals surface area contributed by atoms with E-state index in [1.54, 1.807) is 18.2 Å². The van der Waals surface area contributed by atoms with Gasteiger partial charge in [-0.1, -0.05) is 12.1 Å². The Labute approximate surface area is 102 Å². The predicted octanol–water partition coefficient (Wildman–Crippen LogP) is 2.41. The van der Waals surface area contributed by atoms with E-state index in [0.717, 1.165) is 0 Å². The van der Waals surface area contributed by atoms with Crippen LogP contribution >= 0.6 is 0 Å². The van der Waals surface area contributed by atoms with E-state index in [1.165, 1.54) is 6.07 Å². The molecule has 0 bridgehead atoms. The molecule has 90 valence electrons. The number of ketones is 2. The summed E-state index contributed by atoms with van der Waals surface area (Å²) in [6, 6.07) is 6.30. The molecule has 4 nitrogen and oxygen atoms in total. The molecule has 4 heteroatoms. The summed E-state index contributed by atoms with van der Waals surface area (Å²) in [5.41, 5.74) is 0.294. The maximum absolute atomic E-state index is 11.8. The van der Waals surface area contributed by atoms with Crippen molar-refractivity contribution in [3.63, 3.8) is 0 Å². The monoisotopic (exact) mass is 242 g/mol. The second kappa shape index (κ2) is 3.57. The highest BCUT2D eigenvalue weighted by molar-refractivity contribution is 6.19. The second-order valence-electron chi connectivity index (χ2n) is 4.37. The van der Waals surface area contributed by atoms with E-state index in [0.29, 0.717) is 5.39 Å². The Kier molecular flexibility index (Phi) is 2.13. The van der Waals surface area contributed by atoms with E-state index in [1.807, 2.05) is 0 Å². The summed E-state index contributed by atoms with van der Waals surface area (Å²) in [6.07, 6.45) is 0.286. The molecule has 0 heterocycles. The van der Waals surface area contributed by atoms with Gasteiger partial charge >= 0.3 is 0 Å². The molecule has 3 rings (SSSR count). The topological polar surface area (TPSA) is 74.6 Å². The zero-order chi connectivity index (χ0) is 12.9. The van der Waals surface area contributed by atoms with Crippen molar-refractivity contribution in [2.45, 2.75) is 12.8 Å². The minimum Gasteiger partial charge on any atom is -0.507 e. The van der Waals surface area contributed by atoms with Gasteiger partial charge in [-0.05, 0) is 17.5 Å². The van der Waals surface area contributed by atoms with Crippen LogP contribution in [-0.2, 0) is 0 Å². The summed E-state index contributed by atoms with van der Waals surface area (Å²) in [5, 5.41) is 20.7. The van der Waals surface area contributed by atoms with Gasteiger partial charge in [0.05, 0.1) is 10.9 Å². The zero-order valence-electron chi connectivity index (χ0n) is 9.43. The third kappa shape index (κ3) is 1.32. The van der Waals surface area contributed by atoms with Gasteiger partial charge in [0, 0.05) is 18.4 Å². The van der Waals surface area contributed by atoms with Gasteiger partial charge in [-0.2, -0.15) is 0 Å². The van der Waals surface area contributed by atoms with E-state index in [9.17, 15) is 19.8 Å². The molecule has 0 spiro atoms. The van der Waals surface area contributed by atoms with Gasteiger partial charge in [0.25, 0.3) is 0 Å². The molecular weight excluding hydrogens is 232 g/mol. The summed E-state index contributed by atoms with van der Waals surface area (Å²) < 4.78 is 0. The van der Waals surface area contributed by atoms with Gasteiger partial charge in [-0.15, -0.1) is 0 Å². The number of carbonyl (C=O) groups excluding carboxylic acids is 2. The average molecular weight is 242 g/mol. The Hall–Kier alpha value is -2.36. The molecule has 0 unspecified atom stereocenters. The number of hydrogen-bond donors (Lipinski definition) is 2. The molecule has 0 amide bonds. The number of carbonyl (C=O) groups is 2. The van der Waals surface area contributed by atoms with Crippen molar-refractivity contribution in [2.24, 2.45) is 0 Å². The minimum absolute atomic E-state index is 0.0419. The Morgan fingerprint density at radius 3 is 2.50 bits per heavy atom. The van der Waals surface area contributed by atoms with Gasteiger partial charge in [0.15, 0.2) is 11.6 Å². The Bertz CT molecular complexity index is 700. The maximum Gasteiger partial charge on any atom is 0.167 e. The molecule has 0 atom stereocenters. The first-order valence-corrected chi connectivity index (χ1v) is 5.63. The molecule has 0 aromatic heterocycles. The van der Waals surface area contributed by atoms with Crippen molar-refractivity contribution in [3.8, 4) is 11.5 Å². The van der Waals surface area contributed by atoms with Crippen LogP contribution in [0, 0.1) is 0 Å². The Balaban J connectivity index is 2.49. The smallest absolute Gasteiger partial charge is 0.167 e. The zero-order valence-corrected chi connectivity index (χ0v) is 9.43. The number of Topliss-reactive ketones (excluding diaryl/α,β-unsaturated/α-hetero) is 2. The summed E-state index contributed by atoms with van der Waals surface area (Å²) in [7, 11) is 0. The summed E-state index contributed by atoms with van der Waals surface area (Å²) in [6.45, 7) is 0. The second-order valence-corrected chi connectivity index (χ2v) is 4.37. The SMILES string of the molecule is O=C1CCC(=O)c2c1cc1cccc(O)c1c2O. The van der Waals surface area contributed by atoms with E-state index in [2.05, 4.69) is 0 Å². The molecule has 0 aliphatic heterocycles. The number of rotatable bonds is 0. The lowest BCUT2D eigenvalue weighted by Crippen LogP contribution is -2.17. The normalized spacial score (nSPS) is 14.9. The van der Waals surface area contributed by atoms with Crippen LogP contribution in [-0.4, -0.2) is 21.8 Å². The average Bonchev–Trinajstić information content (AvgIpc) is 2.34. The van der Waals surface area contributed by atoms with Gasteiger partial charge < -0.3 is 10.2 Å².